The molecule has 3 unspecified atom stereocenters. The van der Waals surface area contributed by atoms with Crippen LogP contribution in [0, 0.1) is 16.7 Å². The van der Waals surface area contributed by atoms with E-state index in [1.54, 1.807) is 0 Å². The fourth-order valence-corrected chi connectivity index (χ4v) is 3.97. The number of hydrogen-bond acceptors (Lipinski definition) is 2. The lowest BCUT2D eigenvalue weighted by Gasteiger charge is -2.58. The quantitative estimate of drug-likeness (QED) is 0.807. The van der Waals surface area contributed by atoms with E-state index >= 15 is 0 Å². The van der Waals surface area contributed by atoms with Crippen LogP contribution in [0.5, 0.6) is 0 Å². The van der Waals surface area contributed by atoms with Gasteiger partial charge in [-0.1, -0.05) is 47.0 Å². The SMILES string of the molecule is CCOC1CC(NCC(C)C(C)(C)C)C12CCCCC2. The Morgan fingerprint density at radius 3 is 2.40 bits per heavy atom. The minimum atomic E-state index is 0.399. The van der Waals surface area contributed by atoms with Gasteiger partial charge in [-0.05, 0) is 44.1 Å². The Balaban J connectivity index is 1.91. The molecule has 2 rings (SSSR count). The van der Waals surface area contributed by atoms with Gasteiger partial charge in [-0.2, -0.15) is 0 Å². The van der Waals surface area contributed by atoms with Gasteiger partial charge in [0, 0.05) is 18.1 Å². The number of ether oxygens (including phenoxy) is 1. The van der Waals surface area contributed by atoms with Crippen molar-refractivity contribution in [2.45, 2.75) is 85.3 Å². The molecule has 1 spiro atoms. The van der Waals surface area contributed by atoms with Gasteiger partial charge >= 0.3 is 0 Å². The molecule has 0 bridgehead atoms. The van der Waals surface area contributed by atoms with Gasteiger partial charge < -0.3 is 10.1 Å². The summed E-state index contributed by atoms with van der Waals surface area (Å²) >= 11 is 0. The molecular weight excluding hydrogens is 246 g/mol. The molecule has 0 heterocycles. The first-order chi connectivity index (χ1) is 9.40. The third-order valence-electron chi connectivity index (χ3n) is 6.09. The molecule has 2 nitrogen and oxygen atoms in total. The van der Waals surface area contributed by atoms with Crippen LogP contribution in [-0.2, 0) is 4.74 Å². The van der Waals surface area contributed by atoms with Crippen LogP contribution in [0.1, 0.15) is 73.1 Å². The van der Waals surface area contributed by atoms with Gasteiger partial charge in [0.1, 0.15) is 0 Å². The van der Waals surface area contributed by atoms with E-state index < -0.39 is 0 Å². The maximum absolute atomic E-state index is 6.04. The molecule has 20 heavy (non-hydrogen) atoms. The van der Waals surface area contributed by atoms with E-state index in [9.17, 15) is 0 Å². The van der Waals surface area contributed by atoms with Crippen molar-refractivity contribution < 1.29 is 4.74 Å². The van der Waals surface area contributed by atoms with E-state index in [-0.39, 0.29) is 0 Å². The fraction of sp³-hybridized carbons (Fsp3) is 1.00. The highest BCUT2D eigenvalue weighted by atomic mass is 16.5. The zero-order chi connectivity index (χ0) is 14.8. The van der Waals surface area contributed by atoms with Crippen LogP contribution < -0.4 is 5.32 Å². The van der Waals surface area contributed by atoms with E-state index in [0.717, 1.165) is 13.2 Å². The van der Waals surface area contributed by atoms with Crippen LogP contribution in [0.4, 0.5) is 0 Å². The highest BCUT2D eigenvalue weighted by Gasteiger charge is 2.55. The lowest BCUT2D eigenvalue weighted by Crippen LogP contribution is -2.65. The maximum Gasteiger partial charge on any atom is 0.0661 e. The lowest BCUT2D eigenvalue weighted by atomic mass is 9.55. The Kier molecular flexibility index (Phi) is 5.18. The second kappa shape index (κ2) is 6.36. The Morgan fingerprint density at radius 2 is 1.85 bits per heavy atom. The van der Waals surface area contributed by atoms with Crippen molar-refractivity contribution in [2.75, 3.05) is 13.2 Å². The van der Waals surface area contributed by atoms with E-state index in [0.29, 0.717) is 28.9 Å². The predicted molar refractivity (Wildman–Crippen MR) is 86.0 cm³/mol. The third-order valence-corrected chi connectivity index (χ3v) is 6.09. The van der Waals surface area contributed by atoms with Gasteiger partial charge in [0.25, 0.3) is 0 Å². The van der Waals surface area contributed by atoms with Crippen LogP contribution in [-0.4, -0.2) is 25.3 Å². The van der Waals surface area contributed by atoms with Crippen molar-refractivity contribution in [3.05, 3.63) is 0 Å². The van der Waals surface area contributed by atoms with Crippen LogP contribution in [0.15, 0.2) is 0 Å². The highest BCUT2D eigenvalue weighted by molar-refractivity contribution is 5.09. The van der Waals surface area contributed by atoms with Gasteiger partial charge in [0.05, 0.1) is 6.10 Å². The van der Waals surface area contributed by atoms with Crippen molar-refractivity contribution in [2.24, 2.45) is 16.7 Å². The molecule has 0 radical (unpaired) electrons. The molecule has 2 fully saturated rings. The summed E-state index contributed by atoms with van der Waals surface area (Å²) in [6, 6.07) is 0.698. The first-order valence-electron chi connectivity index (χ1n) is 8.75. The summed E-state index contributed by atoms with van der Waals surface area (Å²) in [7, 11) is 0. The van der Waals surface area contributed by atoms with Gasteiger partial charge in [0.2, 0.25) is 0 Å². The lowest BCUT2D eigenvalue weighted by molar-refractivity contribution is -0.150. The second-order valence-electron chi connectivity index (χ2n) is 8.20. The van der Waals surface area contributed by atoms with E-state index in [4.69, 9.17) is 4.74 Å². The molecule has 2 saturated carbocycles. The van der Waals surface area contributed by atoms with Crippen molar-refractivity contribution in [1.82, 2.24) is 5.32 Å². The molecular formula is C18H35NO. The fourth-order valence-electron chi connectivity index (χ4n) is 3.97. The average molecular weight is 281 g/mol. The summed E-state index contributed by atoms with van der Waals surface area (Å²) in [6.45, 7) is 13.6. The Morgan fingerprint density at radius 1 is 1.20 bits per heavy atom. The van der Waals surface area contributed by atoms with Crippen LogP contribution in [0.2, 0.25) is 0 Å². The van der Waals surface area contributed by atoms with Gasteiger partial charge in [-0.25, -0.2) is 0 Å². The Bertz CT molecular complexity index is 301. The minimum Gasteiger partial charge on any atom is -0.378 e. The topological polar surface area (TPSA) is 21.3 Å². The predicted octanol–water partition coefficient (Wildman–Crippen LogP) is 4.39. The van der Waals surface area contributed by atoms with E-state index in [1.165, 1.54) is 38.5 Å². The van der Waals surface area contributed by atoms with Gasteiger partial charge in [-0.3, -0.25) is 0 Å². The summed E-state index contributed by atoms with van der Waals surface area (Å²) in [5.41, 5.74) is 0.863. The Labute approximate surface area is 126 Å². The molecule has 0 aromatic rings. The molecule has 3 atom stereocenters. The highest BCUT2D eigenvalue weighted by Crippen LogP contribution is 2.53. The molecule has 2 heteroatoms. The standard InChI is InChI=1S/C18H35NO/c1-6-20-16-12-15(18(16)10-8-7-9-11-18)19-13-14(2)17(3,4)5/h14-16,19H,6-13H2,1-5H3. The van der Waals surface area contributed by atoms with Crippen LogP contribution in [0.25, 0.3) is 0 Å². The summed E-state index contributed by atoms with van der Waals surface area (Å²) in [5.74, 6) is 0.717. The monoisotopic (exact) mass is 281 g/mol. The second-order valence-corrected chi connectivity index (χ2v) is 8.20. The Hall–Kier alpha value is -0.0800. The van der Waals surface area contributed by atoms with Crippen molar-refractivity contribution >= 4 is 0 Å². The molecule has 0 amide bonds. The first kappa shape index (κ1) is 16.3. The van der Waals surface area contributed by atoms with Crippen LogP contribution in [0.3, 0.4) is 0 Å². The summed E-state index contributed by atoms with van der Waals surface area (Å²) < 4.78 is 6.04. The van der Waals surface area contributed by atoms with Crippen molar-refractivity contribution in [3.8, 4) is 0 Å². The molecule has 0 aliphatic heterocycles. The molecule has 2 aliphatic rings. The molecule has 1 N–H and O–H groups in total. The maximum atomic E-state index is 6.04. The first-order valence-corrected chi connectivity index (χ1v) is 8.75. The summed E-state index contributed by atoms with van der Waals surface area (Å²) in [6.07, 6.45) is 8.72. The summed E-state index contributed by atoms with van der Waals surface area (Å²) in [5, 5.41) is 3.89. The minimum absolute atomic E-state index is 0.399. The molecule has 0 aromatic heterocycles. The third kappa shape index (κ3) is 3.22. The number of rotatable bonds is 5. The van der Waals surface area contributed by atoms with Gasteiger partial charge in [-0.15, -0.1) is 0 Å². The smallest absolute Gasteiger partial charge is 0.0661 e. The molecule has 0 aromatic carbocycles. The number of nitrogens with one attached hydrogen (secondary N) is 1. The average Bonchev–Trinajstić information content (AvgIpc) is 2.41. The van der Waals surface area contributed by atoms with E-state index in [1.807, 2.05) is 0 Å². The largest absolute Gasteiger partial charge is 0.378 e. The van der Waals surface area contributed by atoms with E-state index in [2.05, 4.69) is 39.9 Å². The molecule has 118 valence electrons. The van der Waals surface area contributed by atoms with Crippen molar-refractivity contribution in [3.63, 3.8) is 0 Å². The number of hydrogen-bond donors (Lipinski definition) is 1. The molecule has 2 aliphatic carbocycles. The van der Waals surface area contributed by atoms with Gasteiger partial charge in [0.15, 0.2) is 0 Å². The summed E-state index contributed by atoms with van der Waals surface area (Å²) in [4.78, 5) is 0. The zero-order valence-electron chi connectivity index (χ0n) is 14.3. The normalized spacial score (nSPS) is 31.1. The zero-order valence-corrected chi connectivity index (χ0v) is 14.3. The van der Waals surface area contributed by atoms with Crippen molar-refractivity contribution in [1.29, 1.82) is 0 Å². The van der Waals surface area contributed by atoms with Crippen LogP contribution >= 0.6 is 0 Å². The molecule has 0 saturated heterocycles.